The third kappa shape index (κ3) is 5.47. The number of amides is 1. The van der Waals surface area contributed by atoms with Gasteiger partial charge in [-0.25, -0.2) is 9.37 Å². The molecule has 0 fully saturated rings. The van der Waals surface area contributed by atoms with Crippen molar-refractivity contribution in [3.05, 3.63) is 71.6 Å². The van der Waals surface area contributed by atoms with E-state index >= 15 is 0 Å². The molecule has 0 saturated carbocycles. The van der Waals surface area contributed by atoms with Crippen LogP contribution < -0.4 is 5.32 Å². The van der Waals surface area contributed by atoms with E-state index in [2.05, 4.69) is 32.3 Å². The molecular formula is C23H23FN6OS2. The van der Waals surface area contributed by atoms with Crippen LogP contribution in [0.2, 0.25) is 0 Å². The number of para-hydroxylation sites is 1. The molecule has 2 aromatic heterocycles. The molecule has 1 unspecified atom stereocenters. The van der Waals surface area contributed by atoms with E-state index in [0.29, 0.717) is 16.0 Å². The van der Waals surface area contributed by atoms with Crippen molar-refractivity contribution < 1.29 is 9.18 Å². The summed E-state index contributed by atoms with van der Waals surface area (Å²) in [4.78, 5) is 19.1. The van der Waals surface area contributed by atoms with Gasteiger partial charge >= 0.3 is 0 Å². The summed E-state index contributed by atoms with van der Waals surface area (Å²) >= 11 is 2.64. The van der Waals surface area contributed by atoms with E-state index in [1.54, 1.807) is 12.1 Å². The van der Waals surface area contributed by atoms with Crippen LogP contribution in [0, 0.1) is 5.82 Å². The van der Waals surface area contributed by atoms with Gasteiger partial charge in [0.1, 0.15) is 5.82 Å². The number of thioether (sulfide) groups is 1. The molecule has 33 heavy (non-hydrogen) atoms. The molecule has 1 amide bonds. The number of aromatic nitrogens is 4. The number of rotatable bonds is 8. The zero-order valence-corrected chi connectivity index (χ0v) is 20.0. The van der Waals surface area contributed by atoms with Gasteiger partial charge in [0.15, 0.2) is 16.1 Å². The molecule has 170 valence electrons. The Balaban J connectivity index is 1.46. The van der Waals surface area contributed by atoms with Crippen LogP contribution in [0.5, 0.6) is 0 Å². The van der Waals surface area contributed by atoms with Crippen molar-refractivity contribution in [3.8, 4) is 16.9 Å². The standard InChI is InChI=1S/C23H23FN6OS2/c1-15(29(2)3)21-27-28-23(30(21)18-7-5-4-6-8-18)33-14-20(31)26-22-25-19(13-32-22)16-9-11-17(24)12-10-16/h4-13,15H,14H2,1-3H3,(H,25,26,31). The zero-order chi connectivity index (χ0) is 23.4. The summed E-state index contributed by atoms with van der Waals surface area (Å²) < 4.78 is 15.1. The molecule has 7 nitrogen and oxygen atoms in total. The average Bonchev–Trinajstić information content (AvgIpc) is 3.45. The smallest absolute Gasteiger partial charge is 0.236 e. The van der Waals surface area contributed by atoms with Gasteiger partial charge in [-0.15, -0.1) is 21.5 Å². The fourth-order valence-corrected chi connectivity index (χ4v) is 4.56. The summed E-state index contributed by atoms with van der Waals surface area (Å²) in [5.74, 6) is 0.473. The third-order valence-corrected chi connectivity index (χ3v) is 6.73. The minimum Gasteiger partial charge on any atom is -0.301 e. The number of hydrogen-bond acceptors (Lipinski definition) is 7. The van der Waals surface area contributed by atoms with Crippen LogP contribution in [0.1, 0.15) is 18.8 Å². The topological polar surface area (TPSA) is 75.9 Å². The summed E-state index contributed by atoms with van der Waals surface area (Å²) in [6.07, 6.45) is 0. The highest BCUT2D eigenvalue weighted by Gasteiger charge is 2.21. The van der Waals surface area contributed by atoms with E-state index in [1.807, 2.05) is 54.4 Å². The van der Waals surface area contributed by atoms with Crippen molar-refractivity contribution in [1.82, 2.24) is 24.6 Å². The van der Waals surface area contributed by atoms with Gasteiger partial charge in [0.25, 0.3) is 0 Å². The quantitative estimate of drug-likeness (QED) is 0.361. The lowest BCUT2D eigenvalue weighted by Gasteiger charge is -2.20. The molecule has 0 radical (unpaired) electrons. The molecule has 0 aliphatic rings. The Labute approximate surface area is 199 Å². The predicted octanol–water partition coefficient (Wildman–Crippen LogP) is 4.88. The van der Waals surface area contributed by atoms with Gasteiger partial charge in [-0.3, -0.25) is 14.3 Å². The number of benzene rings is 2. The largest absolute Gasteiger partial charge is 0.301 e. The van der Waals surface area contributed by atoms with Crippen LogP contribution in [0.4, 0.5) is 9.52 Å². The van der Waals surface area contributed by atoms with Gasteiger partial charge in [0.2, 0.25) is 5.91 Å². The van der Waals surface area contributed by atoms with E-state index in [-0.39, 0.29) is 23.5 Å². The average molecular weight is 483 g/mol. The van der Waals surface area contributed by atoms with E-state index in [0.717, 1.165) is 17.1 Å². The fourth-order valence-electron chi connectivity index (χ4n) is 3.07. The second-order valence-electron chi connectivity index (χ2n) is 7.53. The first-order valence-corrected chi connectivity index (χ1v) is 12.1. The van der Waals surface area contributed by atoms with Crippen molar-refractivity contribution in [2.75, 3.05) is 25.2 Å². The summed E-state index contributed by atoms with van der Waals surface area (Å²) in [6.45, 7) is 2.06. The summed E-state index contributed by atoms with van der Waals surface area (Å²) in [6, 6.07) is 16.0. The van der Waals surface area contributed by atoms with Crippen LogP contribution in [0.25, 0.3) is 16.9 Å². The Morgan fingerprint density at radius 1 is 1.15 bits per heavy atom. The molecule has 4 rings (SSSR count). The first-order valence-electron chi connectivity index (χ1n) is 10.2. The Morgan fingerprint density at radius 3 is 2.58 bits per heavy atom. The minimum absolute atomic E-state index is 0.0427. The van der Waals surface area contributed by atoms with Crippen molar-refractivity contribution in [1.29, 1.82) is 0 Å². The lowest BCUT2D eigenvalue weighted by Crippen LogP contribution is -2.21. The zero-order valence-electron chi connectivity index (χ0n) is 18.4. The maximum atomic E-state index is 13.1. The number of thiazole rings is 1. The molecule has 2 aromatic carbocycles. The van der Waals surface area contributed by atoms with Crippen LogP contribution in [-0.2, 0) is 4.79 Å². The van der Waals surface area contributed by atoms with Gasteiger partial charge in [-0.1, -0.05) is 30.0 Å². The second-order valence-corrected chi connectivity index (χ2v) is 9.33. The molecule has 1 N–H and O–H groups in total. The number of anilines is 1. The highest BCUT2D eigenvalue weighted by atomic mass is 32.2. The summed E-state index contributed by atoms with van der Waals surface area (Å²) in [5.41, 5.74) is 2.42. The Bertz CT molecular complexity index is 1220. The van der Waals surface area contributed by atoms with Crippen LogP contribution in [-0.4, -0.2) is 50.4 Å². The van der Waals surface area contributed by atoms with Crippen molar-refractivity contribution in [3.63, 3.8) is 0 Å². The third-order valence-electron chi connectivity index (χ3n) is 5.04. The molecule has 1 atom stereocenters. The van der Waals surface area contributed by atoms with E-state index < -0.39 is 0 Å². The van der Waals surface area contributed by atoms with Crippen molar-refractivity contribution in [2.24, 2.45) is 0 Å². The molecule has 10 heteroatoms. The molecule has 2 heterocycles. The fraction of sp³-hybridized carbons (Fsp3) is 0.217. The van der Waals surface area contributed by atoms with E-state index in [9.17, 15) is 9.18 Å². The highest BCUT2D eigenvalue weighted by Crippen LogP contribution is 2.28. The maximum Gasteiger partial charge on any atom is 0.236 e. The minimum atomic E-state index is -0.300. The molecule has 4 aromatic rings. The van der Waals surface area contributed by atoms with Crippen molar-refractivity contribution in [2.45, 2.75) is 18.1 Å². The number of carbonyl (C=O) groups excluding carboxylic acids is 1. The monoisotopic (exact) mass is 482 g/mol. The van der Waals surface area contributed by atoms with Crippen LogP contribution in [0.3, 0.4) is 0 Å². The molecule has 0 aliphatic heterocycles. The van der Waals surface area contributed by atoms with Crippen molar-refractivity contribution >= 4 is 34.1 Å². The van der Waals surface area contributed by atoms with Gasteiger partial charge in [-0.05, 0) is 57.4 Å². The maximum absolute atomic E-state index is 13.1. The SMILES string of the molecule is CC(c1nnc(SCC(=O)Nc2nc(-c3ccc(F)cc3)cs2)n1-c1ccccc1)N(C)C. The molecular weight excluding hydrogens is 459 g/mol. The Morgan fingerprint density at radius 2 is 1.88 bits per heavy atom. The predicted molar refractivity (Wildman–Crippen MR) is 130 cm³/mol. The summed E-state index contributed by atoms with van der Waals surface area (Å²) in [5, 5.41) is 14.5. The van der Waals surface area contributed by atoms with Crippen LogP contribution >= 0.6 is 23.1 Å². The van der Waals surface area contributed by atoms with E-state index in [4.69, 9.17) is 0 Å². The van der Waals surface area contributed by atoms with Gasteiger partial charge in [-0.2, -0.15) is 0 Å². The lowest BCUT2D eigenvalue weighted by molar-refractivity contribution is -0.113. The number of nitrogens with one attached hydrogen (secondary N) is 1. The molecule has 0 aliphatic carbocycles. The van der Waals surface area contributed by atoms with E-state index in [1.165, 1.54) is 35.2 Å². The second kappa shape index (κ2) is 10.2. The molecule has 0 bridgehead atoms. The highest BCUT2D eigenvalue weighted by molar-refractivity contribution is 7.99. The molecule has 0 spiro atoms. The van der Waals surface area contributed by atoms with Gasteiger partial charge in [0, 0.05) is 16.6 Å². The Kier molecular flexibility index (Phi) is 7.17. The first-order chi connectivity index (χ1) is 15.9. The Hall–Kier alpha value is -3.08. The summed E-state index contributed by atoms with van der Waals surface area (Å²) in [7, 11) is 3.98. The number of carbonyl (C=O) groups is 1. The number of hydrogen-bond donors (Lipinski definition) is 1. The van der Waals surface area contributed by atoms with Gasteiger partial charge in [0.05, 0.1) is 17.5 Å². The number of halogens is 1. The molecule has 0 saturated heterocycles. The number of nitrogens with zero attached hydrogens (tertiary/aromatic N) is 5. The first kappa shape index (κ1) is 23.1. The van der Waals surface area contributed by atoms with Gasteiger partial charge < -0.3 is 5.32 Å². The van der Waals surface area contributed by atoms with Crippen LogP contribution in [0.15, 0.2) is 65.1 Å². The normalized spacial score (nSPS) is 12.2. The lowest BCUT2D eigenvalue weighted by atomic mass is 10.2.